The zero-order valence-corrected chi connectivity index (χ0v) is 21.0. The Kier molecular flexibility index (Phi) is 8.25. The van der Waals surface area contributed by atoms with Crippen molar-refractivity contribution in [2.24, 2.45) is 0 Å². The van der Waals surface area contributed by atoms with Crippen molar-refractivity contribution < 1.29 is 9.18 Å². The zero-order chi connectivity index (χ0) is 26.2. The number of nitrogens with one attached hydrogen (secondary N) is 4. The molecular formula is C28H30FN7O. The van der Waals surface area contributed by atoms with Crippen LogP contribution in [-0.2, 0) is 17.6 Å². The summed E-state index contributed by atoms with van der Waals surface area (Å²) in [7, 11) is 0. The van der Waals surface area contributed by atoms with Crippen LogP contribution in [0.4, 0.5) is 39.3 Å². The first kappa shape index (κ1) is 25.6. The number of nitrogens with zero attached hydrogens (tertiary/aromatic N) is 3. The van der Waals surface area contributed by atoms with Gasteiger partial charge in [0, 0.05) is 17.1 Å². The van der Waals surface area contributed by atoms with Gasteiger partial charge < -0.3 is 21.3 Å². The fraction of sp³-hybridized carbons (Fsp3) is 0.214. The smallest absolute Gasteiger partial charge is 0.246 e. The molecule has 3 aromatic carbocycles. The predicted molar refractivity (Wildman–Crippen MR) is 146 cm³/mol. The maximum Gasteiger partial charge on any atom is 0.246 e. The van der Waals surface area contributed by atoms with Gasteiger partial charge in [-0.25, -0.2) is 4.39 Å². The Morgan fingerprint density at radius 2 is 1.14 bits per heavy atom. The third-order valence-corrected chi connectivity index (χ3v) is 5.72. The van der Waals surface area contributed by atoms with Gasteiger partial charge in [-0.15, -0.1) is 0 Å². The molecule has 9 heteroatoms. The van der Waals surface area contributed by atoms with Crippen LogP contribution in [0.25, 0.3) is 0 Å². The summed E-state index contributed by atoms with van der Waals surface area (Å²) < 4.78 is 13.2. The molecule has 1 amide bonds. The van der Waals surface area contributed by atoms with E-state index in [4.69, 9.17) is 0 Å². The summed E-state index contributed by atoms with van der Waals surface area (Å²) in [4.78, 5) is 26.2. The highest BCUT2D eigenvalue weighted by Gasteiger charge is 2.16. The normalized spacial score (nSPS) is 11.5. The molecule has 0 spiro atoms. The van der Waals surface area contributed by atoms with E-state index in [0.29, 0.717) is 17.6 Å². The molecule has 0 saturated heterocycles. The first-order valence-corrected chi connectivity index (χ1v) is 12.2. The minimum atomic E-state index is -0.680. The number of benzene rings is 3. The second-order valence-corrected chi connectivity index (χ2v) is 8.52. The molecule has 0 bridgehead atoms. The standard InChI is InChI=1S/C28H30FN7O/c1-4-19-6-12-23(13-7-19)32-27-34-26(30-18(3)25(37)31-22-16-10-21(29)11-17-22)35-28(36-27)33-24-14-8-20(5-2)9-15-24/h6-18H,4-5H2,1-3H3,(H,31,37)(H3,30,32,33,34,35,36). The van der Waals surface area contributed by atoms with Gasteiger partial charge in [-0.3, -0.25) is 4.79 Å². The molecule has 4 aromatic rings. The summed E-state index contributed by atoms with van der Waals surface area (Å²) in [6, 6.07) is 20.9. The van der Waals surface area contributed by atoms with Crippen LogP contribution >= 0.6 is 0 Å². The molecule has 37 heavy (non-hydrogen) atoms. The van der Waals surface area contributed by atoms with Crippen molar-refractivity contribution >= 4 is 40.8 Å². The first-order valence-electron chi connectivity index (χ1n) is 12.2. The molecule has 0 fully saturated rings. The molecule has 0 radical (unpaired) electrons. The number of hydrogen-bond donors (Lipinski definition) is 4. The van der Waals surface area contributed by atoms with Gasteiger partial charge in [0.05, 0.1) is 0 Å². The summed E-state index contributed by atoms with van der Waals surface area (Å²) in [5.74, 6) is 0.169. The number of anilines is 6. The van der Waals surface area contributed by atoms with Crippen molar-refractivity contribution in [1.29, 1.82) is 0 Å². The van der Waals surface area contributed by atoms with Crippen LogP contribution in [0.2, 0.25) is 0 Å². The number of aromatic nitrogens is 3. The van der Waals surface area contributed by atoms with E-state index in [1.54, 1.807) is 6.92 Å². The Balaban J connectivity index is 1.54. The lowest BCUT2D eigenvalue weighted by Crippen LogP contribution is -2.32. The average molecular weight is 500 g/mol. The number of aryl methyl sites for hydroxylation is 2. The van der Waals surface area contributed by atoms with E-state index >= 15 is 0 Å². The number of carbonyl (C=O) groups excluding carboxylic acids is 1. The van der Waals surface area contributed by atoms with Crippen LogP contribution in [0, 0.1) is 5.82 Å². The highest BCUT2D eigenvalue weighted by molar-refractivity contribution is 5.96. The Morgan fingerprint density at radius 3 is 1.59 bits per heavy atom. The van der Waals surface area contributed by atoms with E-state index in [9.17, 15) is 9.18 Å². The fourth-order valence-corrected chi connectivity index (χ4v) is 3.50. The molecule has 1 aromatic heterocycles. The number of halogens is 1. The molecule has 0 aliphatic rings. The molecule has 0 saturated carbocycles. The van der Waals surface area contributed by atoms with Crippen LogP contribution in [0.3, 0.4) is 0 Å². The summed E-state index contributed by atoms with van der Waals surface area (Å²) in [5, 5.41) is 12.2. The Morgan fingerprint density at radius 1 is 0.703 bits per heavy atom. The van der Waals surface area contributed by atoms with Gasteiger partial charge in [0.15, 0.2) is 0 Å². The topological polar surface area (TPSA) is 104 Å². The van der Waals surface area contributed by atoms with Crippen molar-refractivity contribution in [1.82, 2.24) is 15.0 Å². The summed E-state index contributed by atoms with van der Waals surface area (Å²) in [5.41, 5.74) is 4.60. The molecule has 1 heterocycles. The monoisotopic (exact) mass is 499 g/mol. The van der Waals surface area contributed by atoms with E-state index in [2.05, 4.69) is 50.1 Å². The lowest BCUT2D eigenvalue weighted by atomic mass is 10.1. The summed E-state index contributed by atoms with van der Waals surface area (Å²) >= 11 is 0. The van der Waals surface area contributed by atoms with Gasteiger partial charge in [-0.1, -0.05) is 38.1 Å². The maximum absolute atomic E-state index is 13.2. The third-order valence-electron chi connectivity index (χ3n) is 5.72. The predicted octanol–water partition coefficient (Wildman–Crippen LogP) is 6.06. The van der Waals surface area contributed by atoms with Gasteiger partial charge in [0.1, 0.15) is 11.9 Å². The highest BCUT2D eigenvalue weighted by atomic mass is 19.1. The van der Waals surface area contributed by atoms with Crippen molar-refractivity contribution in [2.45, 2.75) is 39.7 Å². The molecule has 190 valence electrons. The molecule has 4 rings (SSSR count). The largest absolute Gasteiger partial charge is 0.342 e. The number of amides is 1. The van der Waals surface area contributed by atoms with Crippen molar-refractivity contribution in [3.8, 4) is 0 Å². The van der Waals surface area contributed by atoms with Crippen LogP contribution in [-0.4, -0.2) is 26.9 Å². The second-order valence-electron chi connectivity index (χ2n) is 8.52. The second kappa shape index (κ2) is 11.9. The van der Waals surface area contributed by atoms with E-state index in [-0.39, 0.29) is 17.7 Å². The molecule has 1 atom stereocenters. The summed E-state index contributed by atoms with van der Waals surface area (Å²) in [6.07, 6.45) is 1.89. The van der Waals surface area contributed by atoms with Crippen molar-refractivity contribution in [2.75, 3.05) is 21.3 Å². The molecule has 0 aliphatic carbocycles. The van der Waals surface area contributed by atoms with E-state index in [1.165, 1.54) is 35.4 Å². The zero-order valence-electron chi connectivity index (χ0n) is 21.0. The SMILES string of the molecule is CCc1ccc(Nc2nc(Nc3ccc(CC)cc3)nc(NC(C)C(=O)Nc3ccc(F)cc3)n2)cc1. The first-order chi connectivity index (χ1) is 17.9. The maximum atomic E-state index is 13.2. The highest BCUT2D eigenvalue weighted by Crippen LogP contribution is 2.20. The lowest BCUT2D eigenvalue weighted by molar-refractivity contribution is -0.116. The van der Waals surface area contributed by atoms with Crippen molar-refractivity contribution in [3.05, 3.63) is 89.7 Å². The van der Waals surface area contributed by atoms with Gasteiger partial charge in [0.2, 0.25) is 23.8 Å². The van der Waals surface area contributed by atoms with E-state index in [1.807, 2.05) is 48.5 Å². The average Bonchev–Trinajstić information content (AvgIpc) is 2.90. The van der Waals surface area contributed by atoms with Gasteiger partial charge in [0.25, 0.3) is 0 Å². The Labute approximate surface area is 215 Å². The Hall–Kier alpha value is -4.53. The van der Waals surface area contributed by atoms with Crippen LogP contribution < -0.4 is 21.3 Å². The van der Waals surface area contributed by atoms with Crippen LogP contribution in [0.15, 0.2) is 72.8 Å². The molecule has 4 N–H and O–H groups in total. The Bertz CT molecular complexity index is 1260. The van der Waals surface area contributed by atoms with Gasteiger partial charge in [-0.05, 0) is 79.4 Å². The number of hydrogen-bond acceptors (Lipinski definition) is 7. The quantitative estimate of drug-likeness (QED) is 0.210. The minimum absolute atomic E-state index is 0.220. The third kappa shape index (κ3) is 7.23. The fourth-order valence-electron chi connectivity index (χ4n) is 3.50. The lowest BCUT2D eigenvalue weighted by Gasteiger charge is -2.16. The van der Waals surface area contributed by atoms with Crippen LogP contribution in [0.1, 0.15) is 31.9 Å². The number of rotatable bonds is 10. The van der Waals surface area contributed by atoms with E-state index in [0.717, 1.165) is 24.2 Å². The van der Waals surface area contributed by atoms with Gasteiger partial charge >= 0.3 is 0 Å². The van der Waals surface area contributed by atoms with Crippen molar-refractivity contribution in [3.63, 3.8) is 0 Å². The minimum Gasteiger partial charge on any atom is -0.342 e. The molecule has 8 nitrogen and oxygen atoms in total. The number of carbonyl (C=O) groups is 1. The molecular weight excluding hydrogens is 469 g/mol. The van der Waals surface area contributed by atoms with Crippen LogP contribution in [0.5, 0.6) is 0 Å². The van der Waals surface area contributed by atoms with E-state index < -0.39 is 6.04 Å². The molecule has 0 aliphatic heterocycles. The summed E-state index contributed by atoms with van der Waals surface area (Å²) in [6.45, 7) is 5.89. The molecule has 1 unspecified atom stereocenters. The van der Waals surface area contributed by atoms with Gasteiger partial charge in [-0.2, -0.15) is 15.0 Å².